The normalized spacial score (nSPS) is 10.7. The van der Waals surface area contributed by atoms with Gasteiger partial charge in [-0.3, -0.25) is 9.59 Å². The molecule has 0 aliphatic carbocycles. The Labute approximate surface area is 157 Å². The summed E-state index contributed by atoms with van der Waals surface area (Å²) in [6.45, 7) is 5.73. The number of amides is 2. The van der Waals surface area contributed by atoms with Crippen molar-refractivity contribution in [3.63, 3.8) is 0 Å². The number of aryl methyl sites for hydroxylation is 3. The lowest BCUT2D eigenvalue weighted by Gasteiger charge is -2.17. The molecule has 0 saturated carbocycles. The highest BCUT2D eigenvalue weighted by Crippen LogP contribution is 2.17. The van der Waals surface area contributed by atoms with Gasteiger partial charge in [-0.1, -0.05) is 5.16 Å². The number of anilines is 1. The van der Waals surface area contributed by atoms with E-state index in [-0.39, 0.29) is 18.4 Å². The van der Waals surface area contributed by atoms with Crippen LogP contribution in [0.25, 0.3) is 5.69 Å². The van der Waals surface area contributed by atoms with Gasteiger partial charge in [0.05, 0.1) is 6.54 Å². The topological polar surface area (TPSA) is 80.4 Å². The fourth-order valence-corrected chi connectivity index (χ4v) is 2.94. The van der Waals surface area contributed by atoms with Crippen LogP contribution in [-0.2, 0) is 4.79 Å². The highest BCUT2D eigenvalue weighted by atomic mass is 16.5. The van der Waals surface area contributed by atoms with Gasteiger partial charge in [0, 0.05) is 35.8 Å². The summed E-state index contributed by atoms with van der Waals surface area (Å²) in [6.07, 6.45) is 0. The second kappa shape index (κ2) is 7.49. The summed E-state index contributed by atoms with van der Waals surface area (Å²) in [5.74, 6) is 0.367. The lowest BCUT2D eigenvalue weighted by Crippen LogP contribution is -2.35. The van der Waals surface area contributed by atoms with Gasteiger partial charge < -0.3 is 19.3 Å². The van der Waals surface area contributed by atoms with Crippen molar-refractivity contribution in [2.24, 2.45) is 0 Å². The molecule has 0 saturated heterocycles. The highest BCUT2D eigenvalue weighted by molar-refractivity contribution is 5.99. The molecule has 2 heterocycles. The van der Waals surface area contributed by atoms with Crippen molar-refractivity contribution in [1.29, 1.82) is 0 Å². The van der Waals surface area contributed by atoms with Crippen LogP contribution in [0.4, 0.5) is 5.82 Å². The molecule has 27 heavy (non-hydrogen) atoms. The molecular weight excluding hydrogens is 344 g/mol. The molecule has 1 N–H and O–H groups in total. The molecule has 0 bridgehead atoms. The van der Waals surface area contributed by atoms with Crippen LogP contribution in [0.3, 0.4) is 0 Å². The third-order valence-electron chi connectivity index (χ3n) is 4.27. The van der Waals surface area contributed by atoms with Gasteiger partial charge in [0.15, 0.2) is 5.82 Å². The SMILES string of the molecule is Cc1cc(NC(=O)CN(C)C(=O)c2ccc(-n3c(C)ccc3C)cc2)no1. The van der Waals surface area contributed by atoms with Crippen molar-refractivity contribution >= 4 is 17.6 Å². The Morgan fingerprint density at radius 3 is 2.26 bits per heavy atom. The maximum atomic E-state index is 12.6. The third-order valence-corrected chi connectivity index (χ3v) is 4.27. The maximum absolute atomic E-state index is 12.6. The van der Waals surface area contributed by atoms with Crippen LogP contribution >= 0.6 is 0 Å². The molecule has 3 rings (SSSR count). The molecule has 0 fully saturated rings. The molecule has 0 spiro atoms. The molecule has 7 nitrogen and oxygen atoms in total. The minimum absolute atomic E-state index is 0.0810. The smallest absolute Gasteiger partial charge is 0.254 e. The number of nitrogens with one attached hydrogen (secondary N) is 1. The van der Waals surface area contributed by atoms with E-state index in [9.17, 15) is 9.59 Å². The number of hydrogen-bond donors (Lipinski definition) is 1. The van der Waals surface area contributed by atoms with E-state index in [1.807, 2.05) is 26.0 Å². The summed E-state index contributed by atoms with van der Waals surface area (Å²) < 4.78 is 7.01. The highest BCUT2D eigenvalue weighted by Gasteiger charge is 2.16. The van der Waals surface area contributed by atoms with E-state index in [0.717, 1.165) is 17.1 Å². The van der Waals surface area contributed by atoms with Crippen LogP contribution in [0.1, 0.15) is 27.5 Å². The number of benzene rings is 1. The van der Waals surface area contributed by atoms with E-state index in [0.29, 0.717) is 17.1 Å². The molecular formula is C20H22N4O3. The predicted octanol–water partition coefficient (Wildman–Crippen LogP) is 3.10. The molecule has 2 aromatic heterocycles. The van der Waals surface area contributed by atoms with E-state index >= 15 is 0 Å². The first-order valence-corrected chi connectivity index (χ1v) is 8.59. The molecule has 7 heteroatoms. The minimum atomic E-state index is -0.339. The van der Waals surface area contributed by atoms with Crippen molar-refractivity contribution in [3.8, 4) is 5.69 Å². The van der Waals surface area contributed by atoms with Crippen LogP contribution in [0.5, 0.6) is 0 Å². The number of carbonyl (C=O) groups excluding carboxylic acids is 2. The first-order valence-electron chi connectivity index (χ1n) is 8.59. The van der Waals surface area contributed by atoms with Gasteiger partial charge >= 0.3 is 0 Å². The van der Waals surface area contributed by atoms with Crippen LogP contribution in [0, 0.1) is 20.8 Å². The van der Waals surface area contributed by atoms with E-state index in [1.165, 1.54) is 4.90 Å². The van der Waals surface area contributed by atoms with Gasteiger partial charge in [-0.05, 0) is 57.2 Å². The molecule has 0 aliphatic rings. The largest absolute Gasteiger partial charge is 0.360 e. The predicted molar refractivity (Wildman–Crippen MR) is 102 cm³/mol. The quantitative estimate of drug-likeness (QED) is 0.752. The zero-order valence-corrected chi connectivity index (χ0v) is 15.8. The molecule has 2 amide bonds. The van der Waals surface area contributed by atoms with Crippen LogP contribution in [0.2, 0.25) is 0 Å². The van der Waals surface area contributed by atoms with Crippen molar-refractivity contribution < 1.29 is 14.1 Å². The second-order valence-corrected chi connectivity index (χ2v) is 6.53. The summed E-state index contributed by atoms with van der Waals surface area (Å²) in [5.41, 5.74) is 3.77. The Bertz CT molecular complexity index is 950. The molecule has 0 radical (unpaired) electrons. The first-order chi connectivity index (χ1) is 12.8. The number of carbonyl (C=O) groups is 2. The van der Waals surface area contributed by atoms with Gasteiger partial charge in [-0.25, -0.2) is 0 Å². The third kappa shape index (κ3) is 4.08. The Balaban J connectivity index is 1.65. The van der Waals surface area contributed by atoms with E-state index in [1.54, 1.807) is 32.2 Å². The average molecular weight is 366 g/mol. The number of rotatable bonds is 5. The number of nitrogens with zero attached hydrogens (tertiary/aromatic N) is 3. The summed E-state index contributed by atoms with van der Waals surface area (Å²) in [6, 6.07) is 13.1. The van der Waals surface area contributed by atoms with Crippen molar-refractivity contribution in [3.05, 3.63) is 65.2 Å². The number of aromatic nitrogens is 2. The monoisotopic (exact) mass is 366 g/mol. The summed E-state index contributed by atoms with van der Waals surface area (Å²) in [4.78, 5) is 26.0. The standard InChI is InChI=1S/C20H22N4O3/c1-13-5-6-14(2)24(13)17-9-7-16(8-10-17)20(26)23(4)12-19(25)21-18-11-15(3)27-22-18/h5-11H,12H2,1-4H3,(H,21,22,25). The second-order valence-electron chi connectivity index (χ2n) is 6.53. The van der Waals surface area contributed by atoms with Crippen molar-refractivity contribution in [1.82, 2.24) is 14.6 Å². The maximum Gasteiger partial charge on any atom is 0.254 e. The van der Waals surface area contributed by atoms with Gasteiger partial charge in [0.2, 0.25) is 5.91 Å². The Morgan fingerprint density at radius 2 is 1.70 bits per heavy atom. The average Bonchev–Trinajstić information content (AvgIpc) is 3.19. The lowest BCUT2D eigenvalue weighted by molar-refractivity contribution is -0.116. The Morgan fingerprint density at radius 1 is 1.07 bits per heavy atom. The first kappa shape index (κ1) is 18.4. The fourth-order valence-electron chi connectivity index (χ4n) is 2.94. The summed E-state index contributed by atoms with van der Waals surface area (Å²) >= 11 is 0. The fraction of sp³-hybridized carbons (Fsp3) is 0.250. The van der Waals surface area contributed by atoms with Gasteiger partial charge in [0.1, 0.15) is 5.76 Å². The van der Waals surface area contributed by atoms with Gasteiger partial charge in [0.25, 0.3) is 5.91 Å². The van der Waals surface area contributed by atoms with Gasteiger partial charge in [-0.15, -0.1) is 0 Å². The van der Waals surface area contributed by atoms with Crippen molar-refractivity contribution in [2.75, 3.05) is 18.9 Å². The van der Waals surface area contributed by atoms with E-state index in [2.05, 4.69) is 27.2 Å². The zero-order valence-electron chi connectivity index (χ0n) is 15.8. The number of likely N-dealkylation sites (N-methyl/N-ethyl adjacent to an activating group) is 1. The van der Waals surface area contributed by atoms with Crippen molar-refractivity contribution in [2.45, 2.75) is 20.8 Å². The molecule has 140 valence electrons. The van der Waals surface area contributed by atoms with E-state index in [4.69, 9.17) is 4.52 Å². The molecule has 0 aliphatic heterocycles. The lowest BCUT2D eigenvalue weighted by atomic mass is 10.1. The Hall–Kier alpha value is -3.35. The summed E-state index contributed by atoms with van der Waals surface area (Å²) in [5, 5.41) is 6.30. The zero-order chi connectivity index (χ0) is 19.6. The van der Waals surface area contributed by atoms with Crippen LogP contribution < -0.4 is 5.32 Å². The molecule has 0 unspecified atom stereocenters. The minimum Gasteiger partial charge on any atom is -0.360 e. The van der Waals surface area contributed by atoms with Crippen LogP contribution in [0.15, 0.2) is 47.0 Å². The molecule has 1 aromatic carbocycles. The van der Waals surface area contributed by atoms with E-state index < -0.39 is 0 Å². The van der Waals surface area contributed by atoms with Gasteiger partial charge in [-0.2, -0.15) is 0 Å². The number of hydrogen-bond acceptors (Lipinski definition) is 4. The summed E-state index contributed by atoms with van der Waals surface area (Å²) in [7, 11) is 1.59. The molecule has 3 aromatic rings. The van der Waals surface area contributed by atoms with Crippen LogP contribution in [-0.4, -0.2) is 40.0 Å². The molecule has 0 atom stereocenters. The Kier molecular flexibility index (Phi) is 5.12.